The van der Waals surface area contributed by atoms with Gasteiger partial charge in [0.2, 0.25) is 0 Å². The van der Waals surface area contributed by atoms with Crippen molar-refractivity contribution in [2.45, 2.75) is 52.9 Å². The SMILES string of the molecule is CC(O)Oc1ccc(C(=Cc2ccc(N(c3ccc(-c4ccc(OC(C)O)cc4)cc3)c3ccc(-c4ccc(OC(C)O)cc4)cc3)cc2)c2ccc(OC(C)O)cc2)cc1. The molecule has 0 spiro atoms. The minimum absolute atomic E-state index is 0.560. The van der Waals surface area contributed by atoms with E-state index in [4.69, 9.17) is 18.9 Å². The highest BCUT2D eigenvalue weighted by atomic mass is 16.6. The molecule has 7 aromatic carbocycles. The summed E-state index contributed by atoms with van der Waals surface area (Å²) in [5.74, 6) is 2.31. The van der Waals surface area contributed by atoms with E-state index in [-0.39, 0.29) is 0 Å². The van der Waals surface area contributed by atoms with Gasteiger partial charge in [0.05, 0.1) is 0 Å². The van der Waals surface area contributed by atoms with Crippen LogP contribution in [0.4, 0.5) is 17.1 Å². The van der Waals surface area contributed by atoms with E-state index in [1.54, 1.807) is 27.7 Å². The van der Waals surface area contributed by atoms with Gasteiger partial charge in [-0.3, -0.25) is 0 Å². The number of benzene rings is 7. The van der Waals surface area contributed by atoms with E-state index in [1.807, 2.05) is 97.1 Å². The summed E-state index contributed by atoms with van der Waals surface area (Å²) in [6.07, 6.45) is -1.51. The fourth-order valence-electron chi connectivity index (χ4n) is 6.94. The number of hydrogen-bond acceptors (Lipinski definition) is 9. The topological polar surface area (TPSA) is 121 Å². The highest BCUT2D eigenvalue weighted by Crippen LogP contribution is 2.38. The number of aliphatic hydroxyl groups is 4. The van der Waals surface area contributed by atoms with Crippen LogP contribution in [0.1, 0.15) is 44.4 Å². The van der Waals surface area contributed by atoms with E-state index in [0.717, 1.165) is 61.6 Å². The highest BCUT2D eigenvalue weighted by Gasteiger charge is 2.15. The van der Waals surface area contributed by atoms with Crippen molar-refractivity contribution < 1.29 is 39.4 Å². The summed E-state index contributed by atoms with van der Waals surface area (Å²) in [6.45, 7) is 6.29. The fraction of sp³-hybridized carbons (Fsp3) is 0.154. The van der Waals surface area contributed by atoms with Crippen molar-refractivity contribution in [3.63, 3.8) is 0 Å². The van der Waals surface area contributed by atoms with Gasteiger partial charge in [0, 0.05) is 17.1 Å². The van der Waals surface area contributed by atoms with Crippen LogP contribution in [0.3, 0.4) is 0 Å². The first-order valence-electron chi connectivity index (χ1n) is 20.1. The molecule has 0 aliphatic heterocycles. The predicted octanol–water partition coefficient (Wildman–Crippen LogP) is 10.9. The molecular weight excluding hydrogens is 767 g/mol. The Hall–Kier alpha value is -6.88. The maximum Gasteiger partial charge on any atom is 0.194 e. The van der Waals surface area contributed by atoms with E-state index in [9.17, 15) is 20.4 Å². The van der Waals surface area contributed by atoms with Gasteiger partial charge < -0.3 is 44.3 Å². The fourth-order valence-corrected chi connectivity index (χ4v) is 6.94. The number of rotatable bonds is 16. The average molecular weight is 816 g/mol. The molecule has 4 atom stereocenters. The molecule has 0 saturated heterocycles. The van der Waals surface area contributed by atoms with Crippen LogP contribution < -0.4 is 23.8 Å². The first-order chi connectivity index (χ1) is 29.5. The van der Waals surface area contributed by atoms with Crippen LogP contribution in [0.5, 0.6) is 23.0 Å². The van der Waals surface area contributed by atoms with Crippen molar-refractivity contribution in [3.8, 4) is 45.3 Å². The van der Waals surface area contributed by atoms with Crippen LogP contribution in [0.25, 0.3) is 33.9 Å². The molecule has 0 aliphatic rings. The molecule has 0 saturated carbocycles. The van der Waals surface area contributed by atoms with Crippen LogP contribution in [-0.4, -0.2) is 45.6 Å². The second-order valence-electron chi connectivity index (χ2n) is 14.5. The Balaban J connectivity index is 1.23. The molecule has 7 rings (SSSR count). The summed E-state index contributed by atoms with van der Waals surface area (Å²) < 4.78 is 21.8. The Bertz CT molecular complexity index is 2320. The summed E-state index contributed by atoms with van der Waals surface area (Å²) in [5, 5.41) is 38.7. The molecule has 9 nitrogen and oxygen atoms in total. The molecule has 0 aliphatic carbocycles. The summed E-state index contributed by atoms with van der Waals surface area (Å²) in [5.41, 5.74) is 10.8. The van der Waals surface area contributed by atoms with Crippen molar-refractivity contribution in [2.75, 3.05) is 4.90 Å². The molecule has 7 aromatic rings. The van der Waals surface area contributed by atoms with Crippen LogP contribution in [-0.2, 0) is 0 Å². The van der Waals surface area contributed by atoms with Gasteiger partial charge in [-0.15, -0.1) is 0 Å². The van der Waals surface area contributed by atoms with Gasteiger partial charge in [-0.25, -0.2) is 0 Å². The molecule has 0 aromatic heterocycles. The minimum atomic E-state index is -0.930. The van der Waals surface area contributed by atoms with Gasteiger partial charge in [0.25, 0.3) is 0 Å². The maximum atomic E-state index is 9.74. The highest BCUT2D eigenvalue weighted by molar-refractivity contribution is 5.92. The Morgan fingerprint density at radius 2 is 0.607 bits per heavy atom. The second-order valence-corrected chi connectivity index (χ2v) is 14.5. The maximum absolute atomic E-state index is 9.74. The lowest BCUT2D eigenvalue weighted by Crippen LogP contribution is -2.10. The normalized spacial score (nSPS) is 13.0. The molecule has 4 unspecified atom stereocenters. The van der Waals surface area contributed by atoms with Gasteiger partial charge >= 0.3 is 0 Å². The minimum Gasteiger partial charge on any atom is -0.465 e. The van der Waals surface area contributed by atoms with Crippen LogP contribution in [0.2, 0.25) is 0 Å². The molecule has 0 fully saturated rings. The third-order valence-electron chi connectivity index (χ3n) is 9.65. The van der Waals surface area contributed by atoms with Gasteiger partial charge in [-0.2, -0.15) is 0 Å². The number of anilines is 3. The third-order valence-corrected chi connectivity index (χ3v) is 9.65. The third kappa shape index (κ3) is 11.2. The molecular formula is C52H49NO8. The van der Waals surface area contributed by atoms with Crippen molar-refractivity contribution >= 4 is 28.7 Å². The van der Waals surface area contributed by atoms with Crippen LogP contribution in [0.15, 0.2) is 170 Å². The summed E-state index contributed by atoms with van der Waals surface area (Å²) >= 11 is 0. The lowest BCUT2D eigenvalue weighted by molar-refractivity contribution is -0.000879. The van der Waals surface area contributed by atoms with Gasteiger partial charge in [-0.1, -0.05) is 84.9 Å². The van der Waals surface area contributed by atoms with Crippen LogP contribution >= 0.6 is 0 Å². The van der Waals surface area contributed by atoms with Crippen molar-refractivity contribution in [1.82, 2.24) is 0 Å². The zero-order valence-corrected chi connectivity index (χ0v) is 34.4. The lowest BCUT2D eigenvalue weighted by Gasteiger charge is -2.26. The molecule has 4 N–H and O–H groups in total. The molecule has 0 radical (unpaired) electrons. The second kappa shape index (κ2) is 19.5. The Labute approximate surface area is 356 Å². The van der Waals surface area contributed by atoms with Crippen molar-refractivity contribution in [1.29, 1.82) is 0 Å². The quantitative estimate of drug-likeness (QED) is 0.0558. The molecule has 310 valence electrons. The lowest BCUT2D eigenvalue weighted by atomic mass is 9.95. The molecule has 0 bridgehead atoms. The Morgan fingerprint density at radius 1 is 0.361 bits per heavy atom. The van der Waals surface area contributed by atoms with E-state index < -0.39 is 25.2 Å². The Morgan fingerprint density at radius 3 is 0.885 bits per heavy atom. The van der Waals surface area contributed by atoms with Crippen LogP contribution in [0, 0.1) is 0 Å². The smallest absolute Gasteiger partial charge is 0.194 e. The number of ether oxygens (including phenoxy) is 4. The molecule has 61 heavy (non-hydrogen) atoms. The zero-order valence-electron chi connectivity index (χ0n) is 34.4. The zero-order chi connectivity index (χ0) is 42.9. The number of nitrogens with zero attached hydrogens (tertiary/aromatic N) is 1. The monoisotopic (exact) mass is 815 g/mol. The largest absolute Gasteiger partial charge is 0.465 e. The van der Waals surface area contributed by atoms with Gasteiger partial charge in [0.15, 0.2) is 25.2 Å². The van der Waals surface area contributed by atoms with E-state index in [2.05, 4.69) is 83.8 Å². The van der Waals surface area contributed by atoms with E-state index >= 15 is 0 Å². The van der Waals surface area contributed by atoms with E-state index in [1.165, 1.54) is 0 Å². The standard InChI is InChI=1S/C52H49NO8/c1-34(54)58-48-25-11-41(12-26-48)39-7-21-46(22-8-39)53(47-23-9-40(10-24-47)42-13-27-49(28-14-42)59-35(2)55)45-19-5-38(6-20-45)33-52(43-15-29-50(30-16-43)60-36(3)56)44-17-31-51(32-18-44)61-37(4)57/h5-37,54-57H,1-4H3. The number of hydrogen-bond donors (Lipinski definition) is 4. The predicted molar refractivity (Wildman–Crippen MR) is 241 cm³/mol. The first-order valence-corrected chi connectivity index (χ1v) is 20.1. The molecule has 0 amide bonds. The average Bonchev–Trinajstić information content (AvgIpc) is 3.24. The van der Waals surface area contributed by atoms with E-state index in [0.29, 0.717) is 23.0 Å². The molecule has 0 heterocycles. The van der Waals surface area contributed by atoms with Gasteiger partial charge in [-0.05, 0) is 163 Å². The number of aliphatic hydroxyl groups excluding tert-OH is 4. The van der Waals surface area contributed by atoms with Crippen molar-refractivity contribution in [3.05, 3.63) is 187 Å². The first kappa shape index (κ1) is 42.3. The van der Waals surface area contributed by atoms with Gasteiger partial charge in [0.1, 0.15) is 23.0 Å². The summed E-state index contributed by atoms with van der Waals surface area (Å²) in [4.78, 5) is 2.21. The Kier molecular flexibility index (Phi) is 13.5. The molecule has 9 heteroatoms. The summed E-state index contributed by atoms with van der Waals surface area (Å²) in [6, 6.07) is 55.7. The summed E-state index contributed by atoms with van der Waals surface area (Å²) in [7, 11) is 0. The van der Waals surface area contributed by atoms with Crippen molar-refractivity contribution in [2.24, 2.45) is 0 Å².